The summed E-state index contributed by atoms with van der Waals surface area (Å²) in [6, 6.07) is 6.16. The molecular weight excluding hydrogens is 294 g/mol. The smallest absolute Gasteiger partial charge is 0.250 e. The van der Waals surface area contributed by atoms with E-state index in [4.69, 9.17) is 5.73 Å². The second kappa shape index (κ2) is 5.71. The van der Waals surface area contributed by atoms with E-state index in [1.54, 1.807) is 6.07 Å². The SMILES string of the molecule is CNCC1CCCN1c1ccc(Br)cc1C(N)=O. The van der Waals surface area contributed by atoms with Gasteiger partial charge >= 0.3 is 0 Å². The van der Waals surface area contributed by atoms with Crippen LogP contribution in [0.4, 0.5) is 5.69 Å². The standard InChI is InChI=1S/C13H18BrN3O/c1-16-8-10-3-2-6-17(10)12-5-4-9(14)7-11(12)13(15)18/h4-5,7,10,16H,2-3,6,8H2,1H3,(H2,15,18). The minimum atomic E-state index is -0.374. The van der Waals surface area contributed by atoms with Gasteiger partial charge in [0.05, 0.1) is 5.56 Å². The van der Waals surface area contributed by atoms with Crippen molar-refractivity contribution in [1.82, 2.24) is 5.32 Å². The van der Waals surface area contributed by atoms with Crippen LogP contribution in [0.1, 0.15) is 23.2 Å². The average molecular weight is 312 g/mol. The molecule has 1 aliphatic heterocycles. The summed E-state index contributed by atoms with van der Waals surface area (Å²) in [5.41, 5.74) is 7.01. The third-order valence-corrected chi connectivity index (χ3v) is 3.84. The van der Waals surface area contributed by atoms with Crippen LogP contribution in [0.15, 0.2) is 22.7 Å². The van der Waals surface area contributed by atoms with Crippen LogP contribution < -0.4 is 16.0 Å². The number of nitrogens with two attached hydrogens (primary N) is 1. The monoisotopic (exact) mass is 311 g/mol. The summed E-state index contributed by atoms with van der Waals surface area (Å²) in [7, 11) is 1.95. The van der Waals surface area contributed by atoms with Crippen molar-refractivity contribution in [2.45, 2.75) is 18.9 Å². The molecule has 18 heavy (non-hydrogen) atoms. The van der Waals surface area contributed by atoms with Crippen molar-refractivity contribution in [2.24, 2.45) is 5.73 Å². The van der Waals surface area contributed by atoms with Gasteiger partial charge in [0.15, 0.2) is 0 Å². The zero-order chi connectivity index (χ0) is 13.1. The molecule has 4 nitrogen and oxygen atoms in total. The number of hydrogen-bond donors (Lipinski definition) is 2. The fourth-order valence-corrected chi connectivity index (χ4v) is 2.92. The number of nitrogens with one attached hydrogen (secondary N) is 1. The quantitative estimate of drug-likeness (QED) is 0.890. The largest absolute Gasteiger partial charge is 0.367 e. The summed E-state index contributed by atoms with van der Waals surface area (Å²) in [6.07, 6.45) is 2.30. The third kappa shape index (κ3) is 2.67. The van der Waals surface area contributed by atoms with Crippen molar-refractivity contribution in [3.8, 4) is 0 Å². The number of hydrogen-bond acceptors (Lipinski definition) is 3. The van der Waals surface area contributed by atoms with E-state index in [2.05, 4.69) is 26.1 Å². The summed E-state index contributed by atoms with van der Waals surface area (Å²) in [5.74, 6) is -0.374. The molecule has 0 radical (unpaired) electrons. The Morgan fingerprint density at radius 1 is 1.61 bits per heavy atom. The summed E-state index contributed by atoms with van der Waals surface area (Å²) in [6.45, 7) is 1.91. The molecule has 2 rings (SSSR count). The number of likely N-dealkylation sites (N-methyl/N-ethyl adjacent to an activating group) is 1. The van der Waals surface area contributed by atoms with Crippen molar-refractivity contribution < 1.29 is 4.79 Å². The highest BCUT2D eigenvalue weighted by Gasteiger charge is 2.26. The lowest BCUT2D eigenvalue weighted by molar-refractivity contribution is 0.100. The van der Waals surface area contributed by atoms with Gasteiger partial charge in [-0.2, -0.15) is 0 Å². The first-order valence-electron chi connectivity index (χ1n) is 6.14. The van der Waals surface area contributed by atoms with Gasteiger partial charge in [0.25, 0.3) is 5.91 Å². The summed E-state index contributed by atoms with van der Waals surface area (Å²) in [5, 5.41) is 3.20. The number of carbonyl (C=O) groups excluding carboxylic acids is 1. The van der Waals surface area contributed by atoms with Gasteiger partial charge in [-0.05, 0) is 38.1 Å². The van der Waals surface area contributed by atoms with E-state index in [-0.39, 0.29) is 5.91 Å². The van der Waals surface area contributed by atoms with Gasteiger partial charge in [0, 0.05) is 29.3 Å². The van der Waals surface area contributed by atoms with Crippen LogP contribution in [0.2, 0.25) is 0 Å². The molecule has 1 aliphatic rings. The highest BCUT2D eigenvalue weighted by atomic mass is 79.9. The molecule has 1 aromatic carbocycles. The van der Waals surface area contributed by atoms with Crippen molar-refractivity contribution in [3.63, 3.8) is 0 Å². The number of amides is 1. The molecular formula is C13H18BrN3O. The molecule has 3 N–H and O–H groups in total. The lowest BCUT2D eigenvalue weighted by Gasteiger charge is -2.28. The maximum atomic E-state index is 11.6. The van der Waals surface area contributed by atoms with Gasteiger partial charge in [-0.1, -0.05) is 15.9 Å². The topological polar surface area (TPSA) is 58.4 Å². The van der Waals surface area contributed by atoms with Crippen molar-refractivity contribution >= 4 is 27.5 Å². The average Bonchev–Trinajstić information content (AvgIpc) is 2.77. The molecule has 1 saturated heterocycles. The van der Waals surface area contributed by atoms with Crippen LogP contribution in [0.5, 0.6) is 0 Å². The molecule has 98 valence electrons. The highest BCUT2D eigenvalue weighted by Crippen LogP contribution is 2.30. The predicted molar refractivity (Wildman–Crippen MR) is 77.0 cm³/mol. The Kier molecular flexibility index (Phi) is 4.24. The van der Waals surface area contributed by atoms with Crippen LogP contribution in [0.25, 0.3) is 0 Å². The second-order valence-electron chi connectivity index (χ2n) is 4.57. The Bertz CT molecular complexity index is 450. The minimum absolute atomic E-state index is 0.374. The van der Waals surface area contributed by atoms with Crippen molar-refractivity contribution in [1.29, 1.82) is 0 Å². The van der Waals surface area contributed by atoms with Gasteiger partial charge < -0.3 is 16.0 Å². The first-order valence-corrected chi connectivity index (χ1v) is 6.93. The maximum Gasteiger partial charge on any atom is 0.250 e. The van der Waals surface area contributed by atoms with Crippen LogP contribution in [0, 0.1) is 0 Å². The molecule has 1 heterocycles. The summed E-state index contributed by atoms with van der Waals surface area (Å²) >= 11 is 3.38. The Morgan fingerprint density at radius 2 is 2.39 bits per heavy atom. The number of carbonyl (C=O) groups is 1. The predicted octanol–water partition coefficient (Wildman–Crippen LogP) is 1.74. The normalized spacial score (nSPS) is 19.2. The molecule has 0 bridgehead atoms. The van der Waals surface area contributed by atoms with E-state index in [9.17, 15) is 4.79 Å². The van der Waals surface area contributed by atoms with E-state index in [0.29, 0.717) is 11.6 Å². The molecule has 1 aromatic rings. The number of nitrogens with zero attached hydrogens (tertiary/aromatic N) is 1. The fraction of sp³-hybridized carbons (Fsp3) is 0.462. The van der Waals surface area contributed by atoms with E-state index in [1.807, 2.05) is 19.2 Å². The number of primary amides is 1. The highest BCUT2D eigenvalue weighted by molar-refractivity contribution is 9.10. The molecule has 1 unspecified atom stereocenters. The fourth-order valence-electron chi connectivity index (χ4n) is 2.56. The third-order valence-electron chi connectivity index (χ3n) is 3.35. The lowest BCUT2D eigenvalue weighted by Crippen LogP contribution is -2.37. The molecule has 5 heteroatoms. The van der Waals surface area contributed by atoms with Gasteiger partial charge in [-0.3, -0.25) is 4.79 Å². The van der Waals surface area contributed by atoms with E-state index in [0.717, 1.165) is 36.1 Å². The van der Waals surface area contributed by atoms with E-state index < -0.39 is 0 Å². The van der Waals surface area contributed by atoms with Crippen LogP contribution in [0.3, 0.4) is 0 Å². The summed E-state index contributed by atoms with van der Waals surface area (Å²) in [4.78, 5) is 13.8. The van der Waals surface area contributed by atoms with Gasteiger partial charge in [0.2, 0.25) is 0 Å². The minimum Gasteiger partial charge on any atom is -0.367 e. The Hall–Kier alpha value is -1.07. The Labute approximate surface area is 116 Å². The Balaban J connectivity index is 2.34. The molecule has 1 atom stereocenters. The first-order chi connectivity index (χ1) is 8.63. The van der Waals surface area contributed by atoms with E-state index >= 15 is 0 Å². The molecule has 0 spiro atoms. The van der Waals surface area contributed by atoms with Crippen LogP contribution in [-0.4, -0.2) is 32.1 Å². The Morgan fingerprint density at radius 3 is 3.06 bits per heavy atom. The summed E-state index contributed by atoms with van der Waals surface area (Å²) < 4.78 is 0.879. The van der Waals surface area contributed by atoms with Crippen molar-refractivity contribution in [2.75, 3.05) is 25.0 Å². The van der Waals surface area contributed by atoms with Crippen LogP contribution in [-0.2, 0) is 0 Å². The number of anilines is 1. The number of rotatable bonds is 4. The number of halogens is 1. The second-order valence-corrected chi connectivity index (χ2v) is 5.49. The van der Waals surface area contributed by atoms with E-state index in [1.165, 1.54) is 0 Å². The molecule has 0 aliphatic carbocycles. The molecule has 0 saturated carbocycles. The molecule has 0 aromatic heterocycles. The van der Waals surface area contributed by atoms with Crippen molar-refractivity contribution in [3.05, 3.63) is 28.2 Å². The maximum absolute atomic E-state index is 11.6. The first kappa shape index (κ1) is 13.4. The zero-order valence-electron chi connectivity index (χ0n) is 10.4. The lowest BCUT2D eigenvalue weighted by atomic mass is 10.1. The van der Waals surface area contributed by atoms with Gasteiger partial charge in [-0.15, -0.1) is 0 Å². The zero-order valence-corrected chi connectivity index (χ0v) is 12.0. The molecule has 1 amide bonds. The van der Waals surface area contributed by atoms with Gasteiger partial charge in [0.1, 0.15) is 0 Å². The molecule has 1 fully saturated rings. The number of benzene rings is 1. The van der Waals surface area contributed by atoms with Gasteiger partial charge in [-0.25, -0.2) is 0 Å². The van der Waals surface area contributed by atoms with Crippen LogP contribution >= 0.6 is 15.9 Å².